The van der Waals surface area contributed by atoms with Crippen LogP contribution in [0.25, 0.3) is 0 Å². The van der Waals surface area contributed by atoms with Crippen LogP contribution >= 0.6 is 0 Å². The maximum Gasteiger partial charge on any atom is 0.160 e. The molecule has 2 heterocycles. The molecule has 1 unspecified atom stereocenters. The van der Waals surface area contributed by atoms with Crippen LogP contribution in [-0.4, -0.2) is 42.7 Å². The molecule has 1 fully saturated rings. The van der Waals surface area contributed by atoms with E-state index in [9.17, 15) is 4.39 Å². The van der Waals surface area contributed by atoms with Crippen LogP contribution < -0.4 is 5.32 Å². The van der Waals surface area contributed by atoms with Gasteiger partial charge < -0.3 is 10.1 Å². The van der Waals surface area contributed by atoms with Gasteiger partial charge in [0.05, 0.1) is 11.7 Å². The highest BCUT2D eigenvalue weighted by Gasteiger charge is 2.22. The Bertz CT molecular complexity index is 902. The number of nitrogens with one attached hydrogen (secondary N) is 1. The first-order valence-corrected chi connectivity index (χ1v) is 11.8. The minimum Gasteiger partial charge on any atom is -0.490 e. The van der Waals surface area contributed by atoms with Gasteiger partial charge in [0.25, 0.3) is 0 Å². The topological polar surface area (TPSA) is 37.4 Å². The van der Waals surface area contributed by atoms with Crippen LogP contribution in [0.3, 0.4) is 0 Å². The fraction of sp³-hybridized carbons (Fsp3) is 0.444. The normalized spacial score (nSPS) is 18.7. The van der Waals surface area contributed by atoms with E-state index < -0.39 is 0 Å². The first-order valence-electron chi connectivity index (χ1n) is 11.8. The largest absolute Gasteiger partial charge is 0.490 e. The van der Waals surface area contributed by atoms with Crippen LogP contribution in [0, 0.1) is 12.8 Å². The Balaban J connectivity index is 1.24. The zero-order valence-electron chi connectivity index (χ0n) is 19.0. The van der Waals surface area contributed by atoms with E-state index in [0.29, 0.717) is 18.3 Å². The number of halogens is 1. The highest BCUT2D eigenvalue weighted by Crippen LogP contribution is 2.24. The van der Waals surface area contributed by atoms with Gasteiger partial charge in [-0.1, -0.05) is 35.9 Å². The molecule has 4 rings (SSSR count). The number of allylic oxidation sites excluding steroid dienone is 3. The minimum absolute atomic E-state index is 0.106. The second kappa shape index (κ2) is 11.4. The highest BCUT2D eigenvalue weighted by molar-refractivity contribution is 5.30. The van der Waals surface area contributed by atoms with E-state index >= 15 is 0 Å². The summed E-state index contributed by atoms with van der Waals surface area (Å²) in [6, 6.07) is 14.9. The third-order valence-electron chi connectivity index (χ3n) is 6.43. The van der Waals surface area contributed by atoms with Crippen LogP contribution in [-0.2, 0) is 4.74 Å². The van der Waals surface area contributed by atoms with Gasteiger partial charge in [0.15, 0.2) is 11.6 Å². The Morgan fingerprint density at radius 3 is 2.59 bits per heavy atom. The number of benzene rings is 1. The van der Waals surface area contributed by atoms with Crippen molar-refractivity contribution in [2.75, 3.05) is 32.8 Å². The van der Waals surface area contributed by atoms with Crippen LogP contribution in [0.1, 0.15) is 48.5 Å². The Labute approximate surface area is 191 Å². The van der Waals surface area contributed by atoms with E-state index in [1.165, 1.54) is 11.1 Å². The van der Waals surface area contributed by atoms with E-state index in [1.807, 2.05) is 18.3 Å². The number of hydrogen-bond donors (Lipinski definition) is 1. The molecule has 1 aliphatic heterocycles. The van der Waals surface area contributed by atoms with Crippen molar-refractivity contribution in [2.45, 2.75) is 38.6 Å². The molecule has 1 atom stereocenters. The predicted molar refractivity (Wildman–Crippen MR) is 127 cm³/mol. The number of hydrogen-bond acceptors (Lipinski definition) is 4. The molecule has 1 aromatic heterocycles. The summed E-state index contributed by atoms with van der Waals surface area (Å²) in [5.74, 6) is 0.856. The summed E-state index contributed by atoms with van der Waals surface area (Å²) in [5, 5.41) is 3.79. The summed E-state index contributed by atoms with van der Waals surface area (Å²) < 4.78 is 19.4. The Kier molecular flexibility index (Phi) is 8.07. The number of ether oxygens (including phenoxy) is 1. The van der Waals surface area contributed by atoms with Crippen molar-refractivity contribution in [3.63, 3.8) is 0 Å². The summed E-state index contributed by atoms with van der Waals surface area (Å²) in [4.78, 5) is 7.04. The van der Waals surface area contributed by atoms with E-state index in [1.54, 1.807) is 6.08 Å². The zero-order valence-corrected chi connectivity index (χ0v) is 19.0. The van der Waals surface area contributed by atoms with Gasteiger partial charge in [0.1, 0.15) is 6.61 Å². The molecule has 4 nitrogen and oxygen atoms in total. The second-order valence-electron chi connectivity index (χ2n) is 8.84. The zero-order chi connectivity index (χ0) is 22.2. The second-order valence-corrected chi connectivity index (χ2v) is 8.84. The molecule has 0 spiro atoms. The smallest absolute Gasteiger partial charge is 0.160 e. The summed E-state index contributed by atoms with van der Waals surface area (Å²) in [5.41, 5.74) is 3.58. The standard InChI is InChI=1S/C27H34FN3O/c1-21-9-11-23(12-10-21)27(25-7-4-5-15-29-25)30-20-22-13-16-31(17-14-22)18-19-32-26-8-3-2-6-24(26)28/h4-12,15,22,27,30H,2-3,13-14,16-20H2,1H3. The first-order chi connectivity index (χ1) is 15.7. The molecule has 32 heavy (non-hydrogen) atoms. The number of piperidine rings is 1. The van der Waals surface area contributed by atoms with Crippen molar-refractivity contribution in [1.82, 2.24) is 15.2 Å². The molecular weight excluding hydrogens is 401 g/mol. The quantitative estimate of drug-likeness (QED) is 0.578. The molecule has 0 radical (unpaired) electrons. The lowest BCUT2D eigenvalue weighted by molar-refractivity contribution is 0.124. The first kappa shape index (κ1) is 22.7. The van der Waals surface area contributed by atoms with Crippen LogP contribution in [0.5, 0.6) is 0 Å². The number of rotatable bonds is 9. The van der Waals surface area contributed by atoms with Crippen molar-refractivity contribution in [1.29, 1.82) is 0 Å². The molecule has 1 N–H and O–H groups in total. The van der Waals surface area contributed by atoms with Gasteiger partial charge in [-0.25, -0.2) is 4.39 Å². The third kappa shape index (κ3) is 6.27. The maximum atomic E-state index is 13.7. The molecule has 2 aliphatic rings. The van der Waals surface area contributed by atoms with Crippen molar-refractivity contribution in [3.8, 4) is 0 Å². The summed E-state index contributed by atoms with van der Waals surface area (Å²) in [6.07, 6.45) is 9.29. The van der Waals surface area contributed by atoms with Gasteiger partial charge in [0.2, 0.25) is 0 Å². The molecule has 2 aromatic rings. The lowest BCUT2D eigenvalue weighted by Gasteiger charge is -2.33. The van der Waals surface area contributed by atoms with Gasteiger partial charge in [-0.3, -0.25) is 9.88 Å². The van der Waals surface area contributed by atoms with Gasteiger partial charge >= 0.3 is 0 Å². The van der Waals surface area contributed by atoms with E-state index in [-0.39, 0.29) is 11.9 Å². The summed E-state index contributed by atoms with van der Waals surface area (Å²) in [7, 11) is 0. The van der Waals surface area contributed by atoms with E-state index in [0.717, 1.165) is 57.6 Å². The van der Waals surface area contributed by atoms with Gasteiger partial charge in [0, 0.05) is 12.7 Å². The molecule has 0 bridgehead atoms. The van der Waals surface area contributed by atoms with Crippen molar-refractivity contribution >= 4 is 0 Å². The molecule has 170 valence electrons. The molecule has 0 amide bonds. The summed E-state index contributed by atoms with van der Waals surface area (Å²) >= 11 is 0. The molecule has 5 heteroatoms. The lowest BCUT2D eigenvalue weighted by atomic mass is 9.95. The minimum atomic E-state index is -0.211. The monoisotopic (exact) mass is 435 g/mol. The number of aromatic nitrogens is 1. The Hall–Kier alpha value is -2.50. The van der Waals surface area contributed by atoms with Crippen molar-refractivity contribution in [2.24, 2.45) is 5.92 Å². The van der Waals surface area contributed by atoms with Gasteiger partial charge in [-0.05, 0) is 88.0 Å². The number of nitrogens with zero attached hydrogens (tertiary/aromatic N) is 2. The van der Waals surface area contributed by atoms with E-state index in [4.69, 9.17) is 4.74 Å². The maximum absolute atomic E-state index is 13.7. The number of pyridine rings is 1. The number of likely N-dealkylation sites (tertiary alicyclic amines) is 1. The molecule has 1 saturated heterocycles. The van der Waals surface area contributed by atoms with Crippen LogP contribution in [0.2, 0.25) is 0 Å². The highest BCUT2D eigenvalue weighted by atomic mass is 19.1. The average Bonchev–Trinajstić information content (AvgIpc) is 2.83. The van der Waals surface area contributed by atoms with Crippen molar-refractivity contribution in [3.05, 3.63) is 89.2 Å². The lowest BCUT2D eigenvalue weighted by Crippen LogP contribution is -2.39. The van der Waals surface area contributed by atoms with Crippen LogP contribution in [0.4, 0.5) is 4.39 Å². The SMILES string of the molecule is Cc1ccc(C(NCC2CCN(CCOC3=CCCC=C3F)CC2)c2ccccn2)cc1. The third-order valence-corrected chi connectivity index (χ3v) is 6.43. The van der Waals surface area contributed by atoms with Gasteiger partial charge in [-0.2, -0.15) is 0 Å². The molecular formula is C27H34FN3O. The van der Waals surface area contributed by atoms with Crippen molar-refractivity contribution < 1.29 is 9.13 Å². The Morgan fingerprint density at radius 1 is 1.09 bits per heavy atom. The van der Waals surface area contributed by atoms with Gasteiger partial charge in [-0.15, -0.1) is 0 Å². The summed E-state index contributed by atoms with van der Waals surface area (Å²) in [6.45, 7) is 6.61. The Morgan fingerprint density at radius 2 is 1.88 bits per heavy atom. The number of aryl methyl sites for hydroxylation is 1. The van der Waals surface area contributed by atoms with Crippen LogP contribution in [0.15, 0.2) is 72.4 Å². The average molecular weight is 436 g/mol. The molecule has 1 aliphatic carbocycles. The predicted octanol–water partition coefficient (Wildman–Crippen LogP) is 5.33. The fourth-order valence-corrected chi connectivity index (χ4v) is 4.43. The molecule has 1 aromatic carbocycles. The fourth-order valence-electron chi connectivity index (χ4n) is 4.43. The molecule has 0 saturated carbocycles. The van der Waals surface area contributed by atoms with E-state index in [2.05, 4.69) is 58.5 Å².